The van der Waals surface area contributed by atoms with Crippen molar-refractivity contribution in [2.24, 2.45) is 0 Å². The quantitative estimate of drug-likeness (QED) is 0.718. The zero-order chi connectivity index (χ0) is 15.0. The van der Waals surface area contributed by atoms with Crippen LogP contribution in [0.4, 0.5) is 0 Å². The van der Waals surface area contributed by atoms with Gasteiger partial charge in [-0.25, -0.2) is 0 Å². The average Bonchev–Trinajstić information content (AvgIpc) is 2.89. The topological polar surface area (TPSA) is 72.5 Å². The van der Waals surface area contributed by atoms with E-state index in [1.165, 1.54) is 27.1 Å². The second-order valence-corrected chi connectivity index (χ2v) is 7.12. The van der Waals surface area contributed by atoms with Gasteiger partial charge >= 0.3 is 7.60 Å². The van der Waals surface area contributed by atoms with Gasteiger partial charge in [0.15, 0.2) is 12.1 Å². The molecule has 0 aromatic rings. The van der Waals surface area contributed by atoms with Crippen molar-refractivity contribution in [2.45, 2.75) is 44.2 Å². The normalized spacial score (nSPS) is 36.6. The summed E-state index contributed by atoms with van der Waals surface area (Å²) in [7, 11) is 0.956. The SMILES string of the molecule is CO[C@@H]1O[C@H](/C=C/P(=O)(OC)OC)[C@H]2OC(C)(C)O[C@@H]12. The number of hydrogen-bond donors (Lipinski definition) is 0. The van der Waals surface area contributed by atoms with E-state index in [-0.39, 0.29) is 12.2 Å². The maximum Gasteiger partial charge on any atom is 0.353 e. The zero-order valence-corrected chi connectivity index (χ0v) is 13.2. The second-order valence-electron chi connectivity index (χ2n) is 5.02. The molecule has 0 unspecified atom stereocenters. The lowest BCUT2D eigenvalue weighted by molar-refractivity contribution is -0.221. The summed E-state index contributed by atoms with van der Waals surface area (Å²) >= 11 is 0. The summed E-state index contributed by atoms with van der Waals surface area (Å²) in [4.78, 5) is 0. The van der Waals surface area contributed by atoms with Crippen molar-refractivity contribution in [3.05, 3.63) is 11.9 Å². The molecule has 2 rings (SSSR count). The molecule has 20 heavy (non-hydrogen) atoms. The van der Waals surface area contributed by atoms with E-state index in [2.05, 4.69) is 0 Å². The van der Waals surface area contributed by atoms with E-state index in [0.717, 1.165) is 0 Å². The van der Waals surface area contributed by atoms with Crippen molar-refractivity contribution in [3.8, 4) is 0 Å². The molecule has 116 valence electrons. The van der Waals surface area contributed by atoms with Crippen molar-refractivity contribution < 1.29 is 32.6 Å². The predicted molar refractivity (Wildman–Crippen MR) is 70.3 cm³/mol. The smallest absolute Gasteiger partial charge is 0.353 e. The van der Waals surface area contributed by atoms with Crippen molar-refractivity contribution in [3.63, 3.8) is 0 Å². The minimum atomic E-state index is -3.23. The fourth-order valence-corrected chi connectivity index (χ4v) is 3.10. The molecule has 4 atom stereocenters. The van der Waals surface area contributed by atoms with Gasteiger partial charge in [-0.15, -0.1) is 0 Å². The lowest BCUT2D eigenvalue weighted by atomic mass is 10.1. The maximum absolute atomic E-state index is 12.0. The average molecular weight is 308 g/mol. The van der Waals surface area contributed by atoms with Crippen molar-refractivity contribution in [1.29, 1.82) is 0 Å². The first-order chi connectivity index (χ1) is 9.34. The first kappa shape index (κ1) is 16.1. The largest absolute Gasteiger partial charge is 0.353 e. The summed E-state index contributed by atoms with van der Waals surface area (Å²) < 4.78 is 44.1. The van der Waals surface area contributed by atoms with Crippen LogP contribution in [0, 0.1) is 0 Å². The lowest BCUT2D eigenvalue weighted by Gasteiger charge is -2.22. The molecule has 0 N–H and O–H groups in total. The molecule has 2 fully saturated rings. The van der Waals surface area contributed by atoms with Gasteiger partial charge in [0.25, 0.3) is 0 Å². The molecule has 0 amide bonds. The van der Waals surface area contributed by atoms with Gasteiger partial charge in [-0.3, -0.25) is 4.57 Å². The summed E-state index contributed by atoms with van der Waals surface area (Å²) in [6.07, 6.45) is -0.0105. The Morgan fingerprint density at radius 3 is 2.25 bits per heavy atom. The Kier molecular flexibility index (Phi) is 4.71. The summed E-state index contributed by atoms with van der Waals surface area (Å²) in [5.74, 6) is 0.662. The maximum atomic E-state index is 12.0. The van der Waals surface area contributed by atoms with Gasteiger partial charge in [0.05, 0.1) is 0 Å². The van der Waals surface area contributed by atoms with Crippen LogP contribution >= 0.6 is 7.60 Å². The molecule has 2 saturated heterocycles. The van der Waals surface area contributed by atoms with Gasteiger partial charge in [0.2, 0.25) is 0 Å². The highest BCUT2D eigenvalue weighted by Crippen LogP contribution is 2.49. The van der Waals surface area contributed by atoms with Gasteiger partial charge in [0.1, 0.15) is 18.3 Å². The van der Waals surface area contributed by atoms with Crippen LogP contribution in [0.15, 0.2) is 11.9 Å². The fraction of sp³-hybridized carbons (Fsp3) is 0.833. The van der Waals surface area contributed by atoms with Crippen LogP contribution in [0.5, 0.6) is 0 Å². The highest BCUT2D eigenvalue weighted by Gasteiger charge is 2.54. The Hall–Kier alpha value is -0.270. The number of fused-ring (bicyclic) bond motifs is 1. The molecule has 0 aliphatic carbocycles. The lowest BCUT2D eigenvalue weighted by Crippen LogP contribution is -2.30. The van der Waals surface area contributed by atoms with Crippen LogP contribution < -0.4 is 0 Å². The summed E-state index contributed by atoms with van der Waals surface area (Å²) in [6.45, 7) is 3.65. The first-order valence-corrected chi connectivity index (χ1v) is 7.90. The van der Waals surface area contributed by atoms with E-state index in [1.54, 1.807) is 6.08 Å². The van der Waals surface area contributed by atoms with E-state index in [0.29, 0.717) is 0 Å². The molecule has 0 aromatic carbocycles. The van der Waals surface area contributed by atoms with E-state index in [1.807, 2.05) is 13.8 Å². The van der Waals surface area contributed by atoms with E-state index >= 15 is 0 Å². The highest BCUT2D eigenvalue weighted by molar-refractivity contribution is 7.57. The molecule has 7 nitrogen and oxygen atoms in total. The van der Waals surface area contributed by atoms with E-state index in [4.69, 9.17) is 28.0 Å². The monoisotopic (exact) mass is 308 g/mol. The number of ether oxygens (including phenoxy) is 4. The van der Waals surface area contributed by atoms with Gasteiger partial charge < -0.3 is 28.0 Å². The van der Waals surface area contributed by atoms with Crippen LogP contribution in [-0.2, 0) is 32.6 Å². The Bertz CT molecular complexity index is 414. The minimum Gasteiger partial charge on any atom is -0.353 e. The Balaban J connectivity index is 2.13. The van der Waals surface area contributed by atoms with Gasteiger partial charge in [-0.2, -0.15) is 0 Å². The summed E-state index contributed by atoms with van der Waals surface area (Å²) in [5.41, 5.74) is 0. The molecular weight excluding hydrogens is 287 g/mol. The number of hydrogen-bond acceptors (Lipinski definition) is 7. The standard InChI is InChI=1S/C12H21O7P/c1-12(2)18-9-8(6-7-20(13,15-4)16-5)17-11(14-3)10(9)19-12/h6-11H,1-5H3/b7-6+/t8-,9-,10-,11-/m1/s1. The Morgan fingerprint density at radius 1 is 1.10 bits per heavy atom. The molecule has 0 bridgehead atoms. The molecule has 2 aliphatic heterocycles. The summed E-state index contributed by atoms with van der Waals surface area (Å²) in [5, 5.41) is 0. The van der Waals surface area contributed by atoms with Crippen molar-refractivity contribution >= 4 is 7.60 Å². The Labute approximate surface area is 118 Å². The molecule has 0 saturated carbocycles. The second kappa shape index (κ2) is 5.85. The van der Waals surface area contributed by atoms with Crippen LogP contribution in [0.3, 0.4) is 0 Å². The van der Waals surface area contributed by atoms with Crippen LogP contribution in [0.2, 0.25) is 0 Å². The Morgan fingerprint density at radius 2 is 1.70 bits per heavy atom. The van der Waals surface area contributed by atoms with Gasteiger partial charge in [0, 0.05) is 27.1 Å². The molecule has 2 heterocycles. The van der Waals surface area contributed by atoms with Crippen LogP contribution in [-0.4, -0.2) is 51.7 Å². The van der Waals surface area contributed by atoms with E-state index in [9.17, 15) is 4.57 Å². The molecular formula is C12H21O7P. The number of rotatable bonds is 5. The molecule has 2 aliphatic rings. The van der Waals surface area contributed by atoms with Crippen molar-refractivity contribution in [1.82, 2.24) is 0 Å². The number of methoxy groups -OCH3 is 1. The molecule has 0 radical (unpaired) electrons. The van der Waals surface area contributed by atoms with E-state index < -0.39 is 25.8 Å². The third-order valence-electron chi connectivity index (χ3n) is 3.25. The predicted octanol–water partition coefficient (Wildman–Crippen LogP) is 1.88. The van der Waals surface area contributed by atoms with Gasteiger partial charge in [-0.1, -0.05) is 0 Å². The molecule has 0 aromatic heterocycles. The van der Waals surface area contributed by atoms with Gasteiger partial charge in [-0.05, 0) is 19.9 Å². The molecule has 8 heteroatoms. The van der Waals surface area contributed by atoms with Crippen LogP contribution in [0.25, 0.3) is 0 Å². The molecule has 0 spiro atoms. The third-order valence-corrected chi connectivity index (χ3v) is 4.80. The first-order valence-electron chi connectivity index (χ1n) is 6.28. The third kappa shape index (κ3) is 3.14. The highest BCUT2D eigenvalue weighted by atomic mass is 31.2. The minimum absolute atomic E-state index is 0.325. The fourth-order valence-electron chi connectivity index (χ4n) is 2.32. The van der Waals surface area contributed by atoms with Crippen LogP contribution in [0.1, 0.15) is 13.8 Å². The zero-order valence-electron chi connectivity index (χ0n) is 12.3. The van der Waals surface area contributed by atoms with Crippen molar-refractivity contribution in [2.75, 3.05) is 21.3 Å². The summed E-state index contributed by atoms with van der Waals surface area (Å²) in [6, 6.07) is 0.